The highest BCUT2D eigenvalue weighted by molar-refractivity contribution is 7.91. The molecule has 0 aliphatic rings. The van der Waals surface area contributed by atoms with Crippen molar-refractivity contribution in [3.8, 4) is 12.3 Å². The van der Waals surface area contributed by atoms with Crippen LogP contribution in [0.25, 0.3) is 0 Å². The van der Waals surface area contributed by atoms with Gasteiger partial charge in [0.15, 0.2) is 9.84 Å². The van der Waals surface area contributed by atoms with Crippen LogP contribution in [0.15, 0.2) is 17.0 Å². The first-order valence-corrected chi connectivity index (χ1v) is 6.28. The van der Waals surface area contributed by atoms with Crippen LogP contribution in [-0.2, 0) is 9.84 Å². The molecule has 0 aliphatic heterocycles. The van der Waals surface area contributed by atoms with Crippen molar-refractivity contribution in [2.75, 3.05) is 5.75 Å². The van der Waals surface area contributed by atoms with Gasteiger partial charge in [0, 0.05) is 0 Å². The van der Waals surface area contributed by atoms with E-state index in [0.29, 0.717) is 4.90 Å². The molecule has 0 unspecified atom stereocenters. The lowest BCUT2D eigenvalue weighted by molar-refractivity contribution is 0.598. The molecule has 0 N–H and O–H groups in total. The average molecular weight is 222 g/mol. The van der Waals surface area contributed by atoms with Crippen molar-refractivity contribution in [1.29, 1.82) is 0 Å². The van der Waals surface area contributed by atoms with Gasteiger partial charge in [-0.25, -0.2) is 8.42 Å². The van der Waals surface area contributed by atoms with Crippen molar-refractivity contribution < 1.29 is 8.42 Å². The molecule has 0 amide bonds. The predicted molar refractivity (Wildman–Crippen MR) is 61.5 cm³/mol. The molecule has 0 aromatic heterocycles. The van der Waals surface area contributed by atoms with E-state index in [0.717, 1.165) is 16.7 Å². The number of sulfone groups is 1. The van der Waals surface area contributed by atoms with Crippen LogP contribution in [0.3, 0.4) is 0 Å². The fourth-order valence-electron chi connectivity index (χ4n) is 1.84. The van der Waals surface area contributed by atoms with Crippen LogP contribution in [0, 0.1) is 33.1 Å². The topological polar surface area (TPSA) is 34.1 Å². The zero-order valence-corrected chi connectivity index (χ0v) is 9.98. The minimum atomic E-state index is -3.32. The number of hydrogen-bond donors (Lipinski definition) is 0. The molecule has 0 fully saturated rings. The molecule has 15 heavy (non-hydrogen) atoms. The Kier molecular flexibility index (Phi) is 3.21. The lowest BCUT2D eigenvalue weighted by Crippen LogP contribution is -2.09. The van der Waals surface area contributed by atoms with E-state index >= 15 is 0 Å². The van der Waals surface area contributed by atoms with Crippen molar-refractivity contribution in [3.63, 3.8) is 0 Å². The van der Waals surface area contributed by atoms with Crippen molar-refractivity contribution >= 4 is 9.84 Å². The molecule has 0 aliphatic carbocycles. The lowest BCUT2D eigenvalue weighted by Gasteiger charge is -2.10. The highest BCUT2D eigenvalue weighted by atomic mass is 32.2. The molecule has 0 saturated heterocycles. The summed E-state index contributed by atoms with van der Waals surface area (Å²) in [6.45, 7) is 5.53. The number of hydrogen-bond acceptors (Lipinski definition) is 2. The van der Waals surface area contributed by atoms with Gasteiger partial charge in [-0.2, -0.15) is 0 Å². The summed E-state index contributed by atoms with van der Waals surface area (Å²) in [5.74, 6) is 1.95. The van der Waals surface area contributed by atoms with E-state index in [-0.39, 0.29) is 5.75 Å². The maximum atomic E-state index is 11.8. The fraction of sp³-hybridized carbons (Fsp3) is 0.333. The van der Waals surface area contributed by atoms with Crippen LogP contribution in [0.4, 0.5) is 0 Å². The van der Waals surface area contributed by atoms with Gasteiger partial charge >= 0.3 is 0 Å². The van der Waals surface area contributed by atoms with E-state index in [1.54, 1.807) is 13.8 Å². The van der Waals surface area contributed by atoms with E-state index in [9.17, 15) is 8.42 Å². The molecule has 0 atom stereocenters. The first kappa shape index (κ1) is 11.8. The average Bonchev–Trinajstić information content (AvgIpc) is 1.99. The summed E-state index contributed by atoms with van der Waals surface area (Å²) in [6, 6.07) is 3.72. The Morgan fingerprint density at radius 3 is 2.07 bits per heavy atom. The fourth-order valence-corrected chi connectivity index (χ4v) is 3.30. The third-order valence-electron chi connectivity index (χ3n) is 2.19. The smallest absolute Gasteiger partial charge is 0.190 e. The highest BCUT2D eigenvalue weighted by Crippen LogP contribution is 2.22. The molecule has 3 heteroatoms. The number of aryl methyl sites for hydroxylation is 3. The lowest BCUT2D eigenvalue weighted by atomic mass is 10.1. The Labute approximate surface area is 91.2 Å². The number of terminal acetylenes is 1. The molecular formula is C12H14O2S. The van der Waals surface area contributed by atoms with Crippen LogP contribution in [0.1, 0.15) is 16.7 Å². The van der Waals surface area contributed by atoms with E-state index in [2.05, 4.69) is 5.92 Å². The monoisotopic (exact) mass is 222 g/mol. The van der Waals surface area contributed by atoms with E-state index in [1.165, 1.54) is 0 Å². The molecule has 0 heterocycles. The summed E-state index contributed by atoms with van der Waals surface area (Å²) in [6.07, 6.45) is 5.05. The molecule has 1 aromatic rings. The molecule has 0 saturated carbocycles. The zero-order valence-electron chi connectivity index (χ0n) is 9.16. The molecule has 80 valence electrons. The molecule has 1 aromatic carbocycles. The van der Waals surface area contributed by atoms with E-state index < -0.39 is 9.84 Å². The maximum Gasteiger partial charge on any atom is 0.190 e. The van der Waals surface area contributed by atoms with Gasteiger partial charge in [-0.1, -0.05) is 23.6 Å². The first-order chi connectivity index (χ1) is 6.88. The summed E-state index contributed by atoms with van der Waals surface area (Å²) in [7, 11) is -3.32. The van der Waals surface area contributed by atoms with Crippen molar-refractivity contribution in [3.05, 3.63) is 28.8 Å². The van der Waals surface area contributed by atoms with Crippen molar-refractivity contribution in [2.45, 2.75) is 25.7 Å². The van der Waals surface area contributed by atoms with Gasteiger partial charge in [-0.15, -0.1) is 6.42 Å². The van der Waals surface area contributed by atoms with E-state index in [1.807, 2.05) is 19.1 Å². The van der Waals surface area contributed by atoms with Crippen LogP contribution in [-0.4, -0.2) is 14.2 Å². The summed E-state index contributed by atoms with van der Waals surface area (Å²) in [4.78, 5) is 0.381. The van der Waals surface area contributed by atoms with Gasteiger partial charge in [-0.3, -0.25) is 0 Å². The van der Waals surface area contributed by atoms with Crippen LogP contribution < -0.4 is 0 Å². The normalized spacial score (nSPS) is 11.1. The molecule has 1 rings (SSSR count). The van der Waals surface area contributed by atoms with Gasteiger partial charge in [-0.05, 0) is 31.9 Å². The second-order valence-electron chi connectivity index (χ2n) is 3.69. The molecule has 2 nitrogen and oxygen atoms in total. The Balaban J connectivity index is 3.47. The molecule has 0 bridgehead atoms. The quantitative estimate of drug-likeness (QED) is 0.717. The Morgan fingerprint density at radius 1 is 1.20 bits per heavy atom. The second-order valence-corrected chi connectivity index (χ2v) is 5.62. The van der Waals surface area contributed by atoms with Crippen molar-refractivity contribution in [1.82, 2.24) is 0 Å². The number of rotatable bonds is 2. The second kappa shape index (κ2) is 4.08. The van der Waals surface area contributed by atoms with Crippen LogP contribution in [0.5, 0.6) is 0 Å². The third kappa shape index (κ3) is 2.40. The summed E-state index contributed by atoms with van der Waals surface area (Å²) < 4.78 is 23.7. The van der Waals surface area contributed by atoms with Crippen LogP contribution in [0.2, 0.25) is 0 Å². The zero-order chi connectivity index (χ0) is 11.6. The largest absolute Gasteiger partial charge is 0.223 e. The van der Waals surface area contributed by atoms with Gasteiger partial charge in [0.25, 0.3) is 0 Å². The van der Waals surface area contributed by atoms with Gasteiger partial charge in [0.2, 0.25) is 0 Å². The molecular weight excluding hydrogens is 208 g/mol. The van der Waals surface area contributed by atoms with Gasteiger partial charge < -0.3 is 0 Å². The third-order valence-corrected chi connectivity index (χ3v) is 4.00. The number of benzene rings is 1. The highest BCUT2D eigenvalue weighted by Gasteiger charge is 2.18. The first-order valence-electron chi connectivity index (χ1n) is 4.62. The van der Waals surface area contributed by atoms with Crippen LogP contribution >= 0.6 is 0 Å². The van der Waals surface area contributed by atoms with Gasteiger partial charge in [0.05, 0.1) is 4.90 Å². The molecule has 0 spiro atoms. The Morgan fingerprint density at radius 2 is 1.67 bits per heavy atom. The summed E-state index contributed by atoms with van der Waals surface area (Å²) in [5, 5.41) is 0. The maximum absolute atomic E-state index is 11.8. The standard InChI is InChI=1S/C12H14O2S/c1-5-6-15(13,14)12-10(3)7-9(2)8-11(12)4/h1,7-8H,6H2,2-4H3. The predicted octanol–water partition coefficient (Wildman–Crippen LogP) is 2.02. The van der Waals surface area contributed by atoms with E-state index in [4.69, 9.17) is 6.42 Å². The minimum absolute atomic E-state index is 0.238. The van der Waals surface area contributed by atoms with Gasteiger partial charge in [0.1, 0.15) is 5.75 Å². The minimum Gasteiger partial charge on any atom is -0.223 e. The Hall–Kier alpha value is -1.27. The summed E-state index contributed by atoms with van der Waals surface area (Å²) in [5.41, 5.74) is 2.59. The SMILES string of the molecule is C#CCS(=O)(=O)c1c(C)cc(C)cc1C. The summed E-state index contributed by atoms with van der Waals surface area (Å²) >= 11 is 0. The molecule has 0 radical (unpaired) electrons. The Bertz CT molecular complexity index is 496. The van der Waals surface area contributed by atoms with Crippen molar-refractivity contribution in [2.24, 2.45) is 0 Å².